The Morgan fingerprint density at radius 1 is 1.10 bits per heavy atom. The van der Waals surface area contributed by atoms with Crippen molar-refractivity contribution in [2.24, 2.45) is 0 Å². The Labute approximate surface area is 122 Å². The molecule has 0 fully saturated rings. The third-order valence-corrected chi connectivity index (χ3v) is 3.18. The molecule has 0 saturated carbocycles. The Bertz CT molecular complexity index is 532. The Kier molecular flexibility index (Phi) is 4.61. The van der Waals surface area contributed by atoms with Gasteiger partial charge in [0.1, 0.15) is 0 Å². The van der Waals surface area contributed by atoms with Crippen LogP contribution in [0.3, 0.4) is 0 Å². The van der Waals surface area contributed by atoms with Gasteiger partial charge in [-0.1, -0.05) is 25.5 Å². The average Bonchev–Trinajstić information content (AvgIpc) is 2.86. The van der Waals surface area contributed by atoms with Gasteiger partial charge in [-0.05, 0) is 51.0 Å². The van der Waals surface area contributed by atoms with Gasteiger partial charge in [0.25, 0.3) is 0 Å². The minimum Gasteiger partial charge on any atom is -0.306 e. The molecule has 108 valence electrons. The van der Waals surface area contributed by atoms with Crippen molar-refractivity contribution >= 4 is 0 Å². The molecule has 0 radical (unpaired) electrons. The van der Waals surface area contributed by atoms with Gasteiger partial charge >= 0.3 is 0 Å². The number of aryl methyl sites for hydroxylation is 1. The predicted molar refractivity (Wildman–Crippen MR) is 84.2 cm³/mol. The monoisotopic (exact) mass is 271 g/mol. The van der Waals surface area contributed by atoms with Gasteiger partial charge in [0, 0.05) is 18.3 Å². The molecular weight excluding hydrogens is 246 g/mol. The van der Waals surface area contributed by atoms with Crippen LogP contribution in [0.5, 0.6) is 0 Å². The fraction of sp³-hybridized carbons (Fsp3) is 0.471. The first kappa shape index (κ1) is 14.8. The van der Waals surface area contributed by atoms with Crippen molar-refractivity contribution in [1.29, 1.82) is 0 Å². The van der Waals surface area contributed by atoms with Gasteiger partial charge in [-0.25, -0.2) is 4.68 Å². The molecule has 3 nitrogen and oxygen atoms in total. The summed E-state index contributed by atoms with van der Waals surface area (Å²) in [5.74, 6) is 0. The summed E-state index contributed by atoms with van der Waals surface area (Å²) in [5, 5.41) is 8.07. The van der Waals surface area contributed by atoms with E-state index in [1.807, 2.05) is 10.9 Å². The lowest BCUT2D eigenvalue weighted by Gasteiger charge is -2.19. The van der Waals surface area contributed by atoms with Crippen LogP contribution in [0.1, 0.15) is 45.4 Å². The molecule has 0 aliphatic carbocycles. The Morgan fingerprint density at radius 2 is 1.80 bits per heavy atom. The molecule has 20 heavy (non-hydrogen) atoms. The first-order valence-electron chi connectivity index (χ1n) is 7.37. The maximum absolute atomic E-state index is 4.61. The second-order valence-corrected chi connectivity index (χ2v) is 6.27. The smallest absolute Gasteiger partial charge is 0.0767 e. The summed E-state index contributed by atoms with van der Waals surface area (Å²) in [4.78, 5) is 0. The second kappa shape index (κ2) is 6.23. The van der Waals surface area contributed by atoms with Crippen LogP contribution in [0, 0.1) is 0 Å². The summed E-state index contributed by atoms with van der Waals surface area (Å²) in [7, 11) is 0. The largest absolute Gasteiger partial charge is 0.306 e. The van der Waals surface area contributed by atoms with E-state index in [-0.39, 0.29) is 5.54 Å². The van der Waals surface area contributed by atoms with Gasteiger partial charge in [0.2, 0.25) is 0 Å². The molecule has 0 aliphatic heterocycles. The molecule has 2 aromatic rings. The van der Waals surface area contributed by atoms with Crippen LogP contribution < -0.4 is 5.32 Å². The summed E-state index contributed by atoms with van der Waals surface area (Å²) in [6.07, 6.45) is 4.35. The number of nitrogens with one attached hydrogen (secondary N) is 1. The van der Waals surface area contributed by atoms with Crippen molar-refractivity contribution < 1.29 is 0 Å². The van der Waals surface area contributed by atoms with E-state index in [0.29, 0.717) is 0 Å². The predicted octanol–water partition coefficient (Wildman–Crippen LogP) is 3.71. The number of benzene rings is 1. The second-order valence-electron chi connectivity index (χ2n) is 6.27. The zero-order valence-electron chi connectivity index (χ0n) is 13.0. The van der Waals surface area contributed by atoms with Gasteiger partial charge in [0.05, 0.1) is 11.4 Å². The van der Waals surface area contributed by atoms with E-state index in [2.05, 4.69) is 68.4 Å². The first-order chi connectivity index (χ1) is 9.48. The van der Waals surface area contributed by atoms with Crippen molar-refractivity contribution in [3.8, 4) is 5.69 Å². The molecule has 0 aliphatic rings. The van der Waals surface area contributed by atoms with Crippen LogP contribution in [-0.4, -0.2) is 15.3 Å². The number of hydrogen-bond donors (Lipinski definition) is 1. The number of rotatable bonds is 5. The molecule has 0 spiro atoms. The van der Waals surface area contributed by atoms with Gasteiger partial charge in [-0.2, -0.15) is 5.10 Å². The minimum absolute atomic E-state index is 0.117. The summed E-state index contributed by atoms with van der Waals surface area (Å²) < 4.78 is 1.94. The normalized spacial score (nSPS) is 11.8. The van der Waals surface area contributed by atoms with Gasteiger partial charge in [-0.15, -0.1) is 0 Å². The SMILES string of the molecule is CCCc1ccc(-n2ccc(CNC(C)(C)C)n2)cc1. The highest BCUT2D eigenvalue weighted by molar-refractivity contribution is 5.34. The van der Waals surface area contributed by atoms with Crippen molar-refractivity contribution in [3.63, 3.8) is 0 Å². The van der Waals surface area contributed by atoms with Gasteiger partial charge < -0.3 is 5.32 Å². The van der Waals surface area contributed by atoms with Gasteiger partial charge in [-0.3, -0.25) is 0 Å². The topological polar surface area (TPSA) is 29.9 Å². The average molecular weight is 271 g/mol. The van der Waals surface area contributed by atoms with Crippen LogP contribution >= 0.6 is 0 Å². The van der Waals surface area contributed by atoms with Crippen molar-refractivity contribution in [2.45, 2.75) is 52.6 Å². The Hall–Kier alpha value is -1.61. The van der Waals surface area contributed by atoms with Gasteiger partial charge in [0.15, 0.2) is 0 Å². The Morgan fingerprint density at radius 3 is 2.40 bits per heavy atom. The molecule has 0 bridgehead atoms. The fourth-order valence-electron chi connectivity index (χ4n) is 2.06. The van der Waals surface area contributed by atoms with E-state index in [1.54, 1.807) is 0 Å². The molecular formula is C17H25N3. The fourth-order valence-corrected chi connectivity index (χ4v) is 2.06. The third-order valence-electron chi connectivity index (χ3n) is 3.18. The highest BCUT2D eigenvalue weighted by Gasteiger charge is 2.09. The van der Waals surface area contributed by atoms with E-state index in [4.69, 9.17) is 0 Å². The lowest BCUT2D eigenvalue weighted by Crippen LogP contribution is -2.35. The van der Waals surface area contributed by atoms with E-state index in [1.165, 1.54) is 12.0 Å². The van der Waals surface area contributed by atoms with Crippen LogP contribution in [0.15, 0.2) is 36.5 Å². The van der Waals surface area contributed by atoms with Crippen molar-refractivity contribution in [2.75, 3.05) is 0 Å². The van der Waals surface area contributed by atoms with E-state index >= 15 is 0 Å². The van der Waals surface area contributed by atoms with Crippen LogP contribution in [-0.2, 0) is 13.0 Å². The van der Waals surface area contributed by atoms with E-state index in [9.17, 15) is 0 Å². The van der Waals surface area contributed by atoms with Crippen molar-refractivity contribution in [3.05, 3.63) is 47.8 Å². The molecule has 1 aromatic carbocycles. The van der Waals surface area contributed by atoms with Crippen LogP contribution in [0.2, 0.25) is 0 Å². The standard InChI is InChI=1S/C17H25N3/c1-5-6-14-7-9-16(10-8-14)20-12-11-15(19-20)13-18-17(2,3)4/h7-12,18H,5-6,13H2,1-4H3. The molecule has 2 rings (SSSR count). The summed E-state index contributed by atoms with van der Waals surface area (Å²) >= 11 is 0. The molecule has 1 N–H and O–H groups in total. The molecule has 0 saturated heterocycles. The lowest BCUT2D eigenvalue weighted by atomic mass is 10.1. The lowest BCUT2D eigenvalue weighted by molar-refractivity contribution is 0.420. The quantitative estimate of drug-likeness (QED) is 0.898. The highest BCUT2D eigenvalue weighted by Crippen LogP contribution is 2.11. The summed E-state index contributed by atoms with van der Waals surface area (Å²) in [6, 6.07) is 10.7. The highest BCUT2D eigenvalue weighted by atomic mass is 15.3. The zero-order valence-corrected chi connectivity index (χ0v) is 13.0. The first-order valence-corrected chi connectivity index (χ1v) is 7.37. The number of nitrogens with zero attached hydrogens (tertiary/aromatic N) is 2. The van der Waals surface area contributed by atoms with E-state index < -0.39 is 0 Å². The maximum atomic E-state index is 4.61. The number of aromatic nitrogens is 2. The molecule has 0 amide bonds. The number of hydrogen-bond acceptors (Lipinski definition) is 2. The third kappa shape index (κ3) is 4.20. The Balaban J connectivity index is 2.04. The minimum atomic E-state index is 0.117. The van der Waals surface area contributed by atoms with E-state index in [0.717, 1.165) is 24.3 Å². The molecule has 1 aromatic heterocycles. The van der Waals surface area contributed by atoms with Crippen LogP contribution in [0.4, 0.5) is 0 Å². The zero-order chi connectivity index (χ0) is 14.6. The summed E-state index contributed by atoms with van der Waals surface area (Å²) in [6.45, 7) is 9.49. The molecule has 3 heteroatoms. The maximum Gasteiger partial charge on any atom is 0.0767 e. The molecule has 0 atom stereocenters. The molecule has 0 unspecified atom stereocenters. The molecule has 1 heterocycles. The summed E-state index contributed by atoms with van der Waals surface area (Å²) in [5.41, 5.74) is 3.69. The van der Waals surface area contributed by atoms with Crippen molar-refractivity contribution in [1.82, 2.24) is 15.1 Å². The van der Waals surface area contributed by atoms with Crippen LogP contribution in [0.25, 0.3) is 5.69 Å².